The topological polar surface area (TPSA) is 76.1 Å². The number of hydrogen-bond acceptors (Lipinski definition) is 4. The average Bonchev–Trinajstić information content (AvgIpc) is 3.09. The first-order valence-electron chi connectivity index (χ1n) is 9.02. The van der Waals surface area contributed by atoms with Crippen molar-refractivity contribution in [2.24, 2.45) is 5.92 Å². The van der Waals surface area contributed by atoms with Gasteiger partial charge in [0.25, 0.3) is 5.91 Å². The summed E-state index contributed by atoms with van der Waals surface area (Å²) in [4.78, 5) is 25.7. The summed E-state index contributed by atoms with van der Waals surface area (Å²) in [6.07, 6.45) is 5.80. The fourth-order valence-electron chi connectivity index (χ4n) is 4.04. The van der Waals surface area contributed by atoms with Gasteiger partial charge >= 0.3 is 5.97 Å². The van der Waals surface area contributed by atoms with Gasteiger partial charge in [0, 0.05) is 18.2 Å². The van der Waals surface area contributed by atoms with Crippen molar-refractivity contribution in [2.45, 2.75) is 45.1 Å². The molecule has 0 spiro atoms. The zero-order valence-corrected chi connectivity index (χ0v) is 14.6. The number of carboxylic acid groups (broad SMARTS) is 1. The van der Waals surface area contributed by atoms with Crippen molar-refractivity contribution in [3.8, 4) is 11.5 Å². The van der Waals surface area contributed by atoms with E-state index in [-0.39, 0.29) is 5.91 Å². The lowest BCUT2D eigenvalue weighted by Gasteiger charge is -2.38. The number of benzene rings is 1. The van der Waals surface area contributed by atoms with Crippen LogP contribution in [-0.2, 0) is 4.79 Å². The summed E-state index contributed by atoms with van der Waals surface area (Å²) in [5.41, 5.74) is 0.568. The van der Waals surface area contributed by atoms with Crippen LogP contribution < -0.4 is 9.47 Å². The van der Waals surface area contributed by atoms with Crippen LogP contribution in [0.25, 0.3) is 0 Å². The van der Waals surface area contributed by atoms with Gasteiger partial charge < -0.3 is 19.5 Å². The predicted molar refractivity (Wildman–Crippen MR) is 92.1 cm³/mol. The Kier molecular flexibility index (Phi) is 5.46. The molecular formula is C19H25NO5. The second-order valence-corrected chi connectivity index (χ2v) is 6.68. The maximum Gasteiger partial charge on any atom is 0.341 e. The summed E-state index contributed by atoms with van der Waals surface area (Å²) in [5, 5.41) is 8.77. The highest BCUT2D eigenvalue weighted by Crippen LogP contribution is 2.38. The van der Waals surface area contributed by atoms with Crippen molar-refractivity contribution in [1.82, 2.24) is 4.90 Å². The van der Waals surface area contributed by atoms with Crippen LogP contribution >= 0.6 is 0 Å². The minimum atomic E-state index is -1.05. The number of hydrogen-bond donors (Lipinski definition) is 1. The minimum absolute atomic E-state index is 0.0299. The van der Waals surface area contributed by atoms with Gasteiger partial charge in [-0.25, -0.2) is 4.79 Å². The molecule has 3 rings (SSSR count). The SMILES string of the molecule is CCOc1cc(C(=O)N2CCCC3CCCC32)ccc1OCC(=O)O. The van der Waals surface area contributed by atoms with E-state index in [0.717, 1.165) is 19.4 Å². The van der Waals surface area contributed by atoms with Gasteiger partial charge in [-0.15, -0.1) is 0 Å². The molecule has 1 saturated carbocycles. The van der Waals surface area contributed by atoms with Gasteiger partial charge in [-0.05, 0) is 56.7 Å². The Morgan fingerprint density at radius 1 is 1.16 bits per heavy atom. The molecule has 1 aromatic rings. The molecule has 0 radical (unpaired) electrons. The number of fused-ring (bicyclic) bond motifs is 1. The van der Waals surface area contributed by atoms with Gasteiger partial charge in [0.1, 0.15) is 0 Å². The number of amides is 1. The third-order valence-corrected chi connectivity index (χ3v) is 5.10. The highest BCUT2D eigenvalue weighted by atomic mass is 16.5. The molecule has 1 aromatic carbocycles. The van der Waals surface area contributed by atoms with E-state index in [1.165, 1.54) is 19.3 Å². The highest BCUT2D eigenvalue weighted by molar-refractivity contribution is 5.95. The summed E-state index contributed by atoms with van der Waals surface area (Å²) < 4.78 is 10.8. The van der Waals surface area contributed by atoms with Crippen molar-refractivity contribution in [3.63, 3.8) is 0 Å². The number of aliphatic carboxylic acids is 1. The molecule has 6 nitrogen and oxygen atoms in total. The van der Waals surface area contributed by atoms with Crippen molar-refractivity contribution >= 4 is 11.9 Å². The van der Waals surface area contributed by atoms with E-state index in [9.17, 15) is 9.59 Å². The Hall–Kier alpha value is -2.24. The first-order chi connectivity index (χ1) is 12.1. The van der Waals surface area contributed by atoms with Gasteiger partial charge in [0.2, 0.25) is 0 Å². The fourth-order valence-corrected chi connectivity index (χ4v) is 4.04. The second kappa shape index (κ2) is 7.76. The summed E-state index contributed by atoms with van der Waals surface area (Å²) in [6, 6.07) is 5.35. The van der Waals surface area contributed by atoms with Crippen LogP contribution in [0.3, 0.4) is 0 Å². The van der Waals surface area contributed by atoms with Crippen LogP contribution in [0.2, 0.25) is 0 Å². The van der Waals surface area contributed by atoms with Gasteiger partial charge in [-0.1, -0.05) is 6.42 Å². The van der Waals surface area contributed by atoms with E-state index in [1.807, 2.05) is 11.8 Å². The molecule has 2 atom stereocenters. The molecule has 1 N–H and O–H groups in total. The largest absolute Gasteiger partial charge is 0.490 e. The van der Waals surface area contributed by atoms with Gasteiger partial charge in [-0.3, -0.25) is 4.79 Å². The minimum Gasteiger partial charge on any atom is -0.490 e. The van der Waals surface area contributed by atoms with E-state index < -0.39 is 12.6 Å². The molecule has 1 saturated heterocycles. The van der Waals surface area contributed by atoms with E-state index in [4.69, 9.17) is 14.6 Å². The number of carboxylic acids is 1. The molecule has 25 heavy (non-hydrogen) atoms. The molecule has 1 heterocycles. The summed E-state index contributed by atoms with van der Waals surface area (Å²) in [7, 11) is 0. The molecule has 2 fully saturated rings. The van der Waals surface area contributed by atoms with Crippen molar-refractivity contribution < 1.29 is 24.2 Å². The van der Waals surface area contributed by atoms with E-state index >= 15 is 0 Å². The van der Waals surface area contributed by atoms with Crippen LogP contribution in [-0.4, -0.2) is 47.7 Å². The third kappa shape index (κ3) is 3.89. The number of ether oxygens (including phenoxy) is 2. The van der Waals surface area contributed by atoms with E-state index in [1.54, 1.807) is 18.2 Å². The molecular weight excluding hydrogens is 322 g/mol. The number of rotatable bonds is 6. The van der Waals surface area contributed by atoms with Crippen LogP contribution in [0.4, 0.5) is 0 Å². The molecule has 0 bridgehead atoms. The predicted octanol–water partition coefficient (Wildman–Crippen LogP) is 2.95. The Morgan fingerprint density at radius 2 is 1.96 bits per heavy atom. The normalized spacial score (nSPS) is 22.4. The van der Waals surface area contributed by atoms with Crippen molar-refractivity contribution in [1.29, 1.82) is 0 Å². The van der Waals surface area contributed by atoms with E-state index in [2.05, 4.69) is 0 Å². The van der Waals surface area contributed by atoms with Crippen molar-refractivity contribution in [3.05, 3.63) is 23.8 Å². The lowest BCUT2D eigenvalue weighted by atomic mass is 9.91. The molecule has 136 valence electrons. The zero-order chi connectivity index (χ0) is 17.8. The van der Waals surface area contributed by atoms with Gasteiger partial charge in [-0.2, -0.15) is 0 Å². The maximum absolute atomic E-state index is 13.0. The lowest BCUT2D eigenvalue weighted by molar-refractivity contribution is -0.139. The molecule has 2 aliphatic rings. The number of likely N-dealkylation sites (tertiary alicyclic amines) is 1. The monoisotopic (exact) mass is 347 g/mol. The summed E-state index contributed by atoms with van der Waals surface area (Å²) in [5.74, 6) is 0.375. The van der Waals surface area contributed by atoms with E-state index in [0.29, 0.717) is 35.6 Å². The Bertz CT molecular complexity index is 645. The quantitative estimate of drug-likeness (QED) is 0.856. The number of piperidine rings is 1. The standard InChI is InChI=1S/C19H25NO5/c1-2-24-17-11-14(8-9-16(17)25-12-18(21)22)19(23)20-10-4-6-13-5-3-7-15(13)20/h8-9,11,13,15H,2-7,10,12H2,1H3,(H,21,22). The summed E-state index contributed by atoms with van der Waals surface area (Å²) >= 11 is 0. The molecule has 1 aliphatic carbocycles. The maximum atomic E-state index is 13.0. The smallest absolute Gasteiger partial charge is 0.341 e. The number of carbonyl (C=O) groups excluding carboxylic acids is 1. The molecule has 1 amide bonds. The zero-order valence-electron chi connectivity index (χ0n) is 14.6. The lowest BCUT2D eigenvalue weighted by Crippen LogP contribution is -2.46. The van der Waals surface area contributed by atoms with Gasteiger partial charge in [0.05, 0.1) is 6.61 Å². The third-order valence-electron chi connectivity index (χ3n) is 5.10. The molecule has 1 aliphatic heterocycles. The van der Waals surface area contributed by atoms with Crippen LogP contribution in [0, 0.1) is 5.92 Å². The Balaban J connectivity index is 1.79. The fraction of sp³-hybridized carbons (Fsp3) is 0.579. The number of carbonyl (C=O) groups is 2. The molecule has 2 unspecified atom stereocenters. The Morgan fingerprint density at radius 3 is 2.72 bits per heavy atom. The first kappa shape index (κ1) is 17.6. The summed E-state index contributed by atoms with van der Waals surface area (Å²) in [6.45, 7) is 2.61. The van der Waals surface area contributed by atoms with Crippen LogP contribution in [0.5, 0.6) is 11.5 Å². The molecule has 6 heteroatoms. The van der Waals surface area contributed by atoms with Gasteiger partial charge in [0.15, 0.2) is 18.1 Å². The second-order valence-electron chi connectivity index (χ2n) is 6.68. The molecule has 0 aromatic heterocycles. The first-order valence-corrected chi connectivity index (χ1v) is 9.02. The van der Waals surface area contributed by atoms with Crippen LogP contribution in [0.1, 0.15) is 49.4 Å². The number of nitrogens with zero attached hydrogens (tertiary/aromatic N) is 1. The average molecular weight is 347 g/mol. The van der Waals surface area contributed by atoms with Crippen LogP contribution in [0.15, 0.2) is 18.2 Å². The van der Waals surface area contributed by atoms with Crippen molar-refractivity contribution in [2.75, 3.05) is 19.8 Å². The highest BCUT2D eigenvalue weighted by Gasteiger charge is 2.37. The Labute approximate surface area is 147 Å².